The van der Waals surface area contributed by atoms with Crippen molar-refractivity contribution in [3.63, 3.8) is 0 Å². The van der Waals surface area contributed by atoms with Gasteiger partial charge in [-0.15, -0.1) is 0 Å². The van der Waals surface area contributed by atoms with Gasteiger partial charge in [-0.05, 0) is 28.9 Å². The Hall–Kier alpha value is -0.830. The Morgan fingerprint density at radius 1 is 1.29 bits per heavy atom. The van der Waals surface area contributed by atoms with E-state index in [-0.39, 0.29) is 10.9 Å². The molecule has 1 heterocycles. The molecule has 2 rings (SSSR count). The molecule has 1 atom stereocenters. The van der Waals surface area contributed by atoms with Crippen LogP contribution in [0.5, 0.6) is 11.5 Å². The van der Waals surface area contributed by atoms with Crippen LogP contribution in [0.3, 0.4) is 0 Å². The van der Waals surface area contributed by atoms with E-state index in [1.54, 1.807) is 6.07 Å². The maximum atomic E-state index is 12.8. The van der Waals surface area contributed by atoms with Gasteiger partial charge in [-0.1, -0.05) is 0 Å². The fraction of sp³-hybridized carbons (Fsp3) is 0.538. The Labute approximate surface area is 133 Å². The van der Waals surface area contributed by atoms with Crippen LogP contribution >= 0.6 is 15.9 Å². The number of nitrogens with zero attached hydrogens (tertiary/aromatic N) is 1. The average Bonchev–Trinajstić information content (AvgIpc) is 2.46. The van der Waals surface area contributed by atoms with Crippen LogP contribution in [0.4, 0.5) is 0 Å². The summed E-state index contributed by atoms with van der Waals surface area (Å²) in [5.74, 6) is 0.875. The van der Waals surface area contributed by atoms with Gasteiger partial charge >= 0.3 is 0 Å². The third-order valence-corrected chi connectivity index (χ3v) is 6.21. The number of ether oxygens (including phenoxy) is 2. The first-order valence-electron chi connectivity index (χ1n) is 6.55. The summed E-state index contributed by atoms with van der Waals surface area (Å²) < 4.78 is 37.9. The van der Waals surface area contributed by atoms with Gasteiger partial charge in [0.25, 0.3) is 0 Å². The highest BCUT2D eigenvalue weighted by Crippen LogP contribution is 2.36. The van der Waals surface area contributed by atoms with Gasteiger partial charge in [0, 0.05) is 36.2 Å². The van der Waals surface area contributed by atoms with Crippen molar-refractivity contribution in [2.75, 3.05) is 33.9 Å². The summed E-state index contributed by atoms with van der Waals surface area (Å²) in [6.07, 6.45) is 0. The number of sulfonamides is 1. The fourth-order valence-electron chi connectivity index (χ4n) is 2.29. The molecule has 1 fully saturated rings. The minimum Gasteiger partial charge on any atom is -0.493 e. The lowest BCUT2D eigenvalue weighted by Crippen LogP contribution is -2.51. The largest absolute Gasteiger partial charge is 0.493 e. The number of rotatable bonds is 4. The van der Waals surface area contributed by atoms with Crippen molar-refractivity contribution in [3.05, 3.63) is 16.6 Å². The Kier molecular flexibility index (Phi) is 5.13. The maximum absolute atomic E-state index is 12.8. The van der Waals surface area contributed by atoms with E-state index in [0.717, 1.165) is 0 Å². The highest BCUT2D eigenvalue weighted by atomic mass is 79.9. The zero-order valence-corrected chi connectivity index (χ0v) is 14.6. The van der Waals surface area contributed by atoms with E-state index in [1.807, 2.05) is 6.92 Å². The number of methoxy groups -OCH3 is 2. The first-order valence-corrected chi connectivity index (χ1v) is 8.78. The van der Waals surface area contributed by atoms with Crippen LogP contribution in [-0.4, -0.2) is 52.6 Å². The molecule has 1 aromatic carbocycles. The van der Waals surface area contributed by atoms with E-state index in [2.05, 4.69) is 21.2 Å². The highest BCUT2D eigenvalue weighted by Gasteiger charge is 2.31. The van der Waals surface area contributed by atoms with Crippen LogP contribution in [0.25, 0.3) is 0 Å². The lowest BCUT2D eigenvalue weighted by Gasteiger charge is -2.31. The quantitative estimate of drug-likeness (QED) is 0.858. The second kappa shape index (κ2) is 6.51. The van der Waals surface area contributed by atoms with Crippen LogP contribution in [-0.2, 0) is 10.0 Å². The lowest BCUT2D eigenvalue weighted by molar-refractivity contribution is 0.309. The molecule has 118 valence electrons. The standard InChI is InChI=1S/C13H19BrN2O4S/c1-9-8-16(5-4-15-9)21(17,18)13-7-12(20-3)11(19-2)6-10(13)14/h6-7,9,15H,4-5,8H2,1-3H3/t9-/m1/s1. The van der Waals surface area contributed by atoms with E-state index >= 15 is 0 Å². The molecule has 0 aromatic heterocycles. The van der Waals surface area contributed by atoms with Crippen LogP contribution in [0.2, 0.25) is 0 Å². The molecule has 1 aliphatic heterocycles. The predicted octanol–water partition coefficient (Wildman–Crippen LogP) is 1.45. The second-order valence-corrected chi connectivity index (χ2v) is 7.62. The maximum Gasteiger partial charge on any atom is 0.244 e. The third-order valence-electron chi connectivity index (χ3n) is 3.39. The van der Waals surface area contributed by atoms with Gasteiger partial charge < -0.3 is 14.8 Å². The van der Waals surface area contributed by atoms with Crippen molar-refractivity contribution in [1.82, 2.24) is 9.62 Å². The SMILES string of the molecule is COc1cc(Br)c(S(=O)(=O)N2CCN[C@H](C)C2)cc1OC. The monoisotopic (exact) mass is 378 g/mol. The number of piperazine rings is 1. The topological polar surface area (TPSA) is 67.9 Å². The minimum absolute atomic E-state index is 0.132. The van der Waals surface area contributed by atoms with Crippen molar-refractivity contribution < 1.29 is 17.9 Å². The van der Waals surface area contributed by atoms with Gasteiger partial charge in [-0.2, -0.15) is 4.31 Å². The van der Waals surface area contributed by atoms with E-state index in [9.17, 15) is 8.42 Å². The number of halogens is 1. The molecule has 0 amide bonds. The van der Waals surface area contributed by atoms with Crippen molar-refractivity contribution in [3.8, 4) is 11.5 Å². The average molecular weight is 379 g/mol. The Morgan fingerprint density at radius 2 is 1.90 bits per heavy atom. The van der Waals surface area contributed by atoms with Gasteiger partial charge in [0.1, 0.15) is 4.90 Å². The molecule has 1 N–H and O–H groups in total. The first-order chi connectivity index (χ1) is 9.90. The van der Waals surface area contributed by atoms with Crippen LogP contribution in [0, 0.1) is 0 Å². The third kappa shape index (κ3) is 3.33. The molecule has 0 aliphatic carbocycles. The smallest absolute Gasteiger partial charge is 0.244 e. The zero-order chi connectivity index (χ0) is 15.6. The lowest BCUT2D eigenvalue weighted by atomic mass is 10.3. The molecule has 0 saturated carbocycles. The molecule has 0 spiro atoms. The highest BCUT2D eigenvalue weighted by molar-refractivity contribution is 9.10. The Bertz CT molecular complexity index is 621. The van der Waals surface area contributed by atoms with Gasteiger partial charge in [-0.25, -0.2) is 8.42 Å². The summed E-state index contributed by atoms with van der Waals surface area (Å²) in [7, 11) is -0.581. The van der Waals surface area contributed by atoms with Crippen LogP contribution in [0.1, 0.15) is 6.92 Å². The van der Waals surface area contributed by atoms with Gasteiger partial charge in [0.15, 0.2) is 11.5 Å². The molecule has 21 heavy (non-hydrogen) atoms. The summed E-state index contributed by atoms with van der Waals surface area (Å²) in [5.41, 5.74) is 0. The van der Waals surface area contributed by atoms with Gasteiger partial charge in [-0.3, -0.25) is 0 Å². The minimum atomic E-state index is -3.57. The molecule has 8 heteroatoms. The summed E-state index contributed by atoms with van der Waals surface area (Å²) in [5, 5.41) is 3.23. The number of benzene rings is 1. The van der Waals surface area contributed by atoms with E-state index < -0.39 is 10.0 Å². The second-order valence-electron chi connectivity index (χ2n) is 4.86. The molecule has 0 radical (unpaired) electrons. The van der Waals surface area contributed by atoms with Crippen molar-refractivity contribution in [1.29, 1.82) is 0 Å². The Balaban J connectivity index is 2.44. The van der Waals surface area contributed by atoms with Crippen molar-refractivity contribution in [2.45, 2.75) is 17.9 Å². The molecular formula is C13H19BrN2O4S. The van der Waals surface area contributed by atoms with Gasteiger partial charge in [0.05, 0.1) is 14.2 Å². The molecular weight excluding hydrogens is 360 g/mol. The summed E-state index contributed by atoms with van der Waals surface area (Å²) >= 11 is 3.31. The van der Waals surface area contributed by atoms with E-state index in [1.165, 1.54) is 24.6 Å². The summed E-state index contributed by atoms with van der Waals surface area (Å²) in [6.45, 7) is 3.51. The molecule has 1 aromatic rings. The molecule has 0 bridgehead atoms. The molecule has 6 nitrogen and oxygen atoms in total. The molecule has 1 saturated heterocycles. The van der Waals surface area contributed by atoms with Gasteiger partial charge in [0.2, 0.25) is 10.0 Å². The molecule has 0 unspecified atom stereocenters. The van der Waals surface area contributed by atoms with Crippen molar-refractivity contribution in [2.24, 2.45) is 0 Å². The van der Waals surface area contributed by atoms with E-state index in [4.69, 9.17) is 9.47 Å². The number of nitrogens with one attached hydrogen (secondary N) is 1. The molecule has 1 aliphatic rings. The number of hydrogen-bond donors (Lipinski definition) is 1. The Morgan fingerprint density at radius 3 is 2.48 bits per heavy atom. The summed E-state index contributed by atoms with van der Waals surface area (Å²) in [4.78, 5) is 0.189. The predicted molar refractivity (Wildman–Crippen MR) is 83.5 cm³/mol. The fourth-order valence-corrected chi connectivity index (χ4v) is 4.81. The van der Waals surface area contributed by atoms with Crippen LogP contribution in [0.15, 0.2) is 21.5 Å². The van der Waals surface area contributed by atoms with Crippen molar-refractivity contribution >= 4 is 26.0 Å². The number of hydrogen-bond acceptors (Lipinski definition) is 5. The summed E-state index contributed by atoms with van der Waals surface area (Å²) in [6, 6.07) is 3.23. The first kappa shape index (κ1) is 16.5. The normalized spacial score (nSPS) is 20.3. The zero-order valence-electron chi connectivity index (χ0n) is 12.2. The van der Waals surface area contributed by atoms with Crippen LogP contribution < -0.4 is 14.8 Å². The van der Waals surface area contributed by atoms with E-state index in [0.29, 0.717) is 35.6 Å².